The highest BCUT2D eigenvalue weighted by Gasteiger charge is 2.52. The summed E-state index contributed by atoms with van der Waals surface area (Å²) in [7, 11) is 6.95. The molecule has 442 valence electrons. The fraction of sp³-hybridized carbons (Fsp3) is 0.804. The quantitative estimate of drug-likeness (QED) is 0.114. The van der Waals surface area contributed by atoms with Crippen molar-refractivity contribution in [2.75, 3.05) is 48.1 Å². The Balaban J connectivity index is 1.22. The molecule has 0 aliphatic carbocycles. The van der Waals surface area contributed by atoms with Gasteiger partial charge < -0.3 is 69.1 Å². The van der Waals surface area contributed by atoms with Crippen LogP contribution in [0.5, 0.6) is 0 Å². The molecule has 5 heterocycles. The smallest absolute Gasteiger partial charge is 0.311 e. The molecule has 3 aromatic rings. The van der Waals surface area contributed by atoms with Crippen molar-refractivity contribution >= 4 is 5.97 Å². The van der Waals surface area contributed by atoms with Gasteiger partial charge in [-0.05, 0) is 119 Å². The third-order valence-corrected chi connectivity index (χ3v) is 17.0. The lowest BCUT2D eigenvalue weighted by atomic mass is 9.77. The number of cyclic esters (lactones) is 1. The predicted molar refractivity (Wildman–Crippen MR) is 289 cm³/mol. The minimum atomic E-state index is -1.83. The van der Waals surface area contributed by atoms with Crippen molar-refractivity contribution in [1.29, 1.82) is 0 Å². The lowest BCUT2D eigenvalue weighted by Crippen LogP contribution is -2.59. The molecule has 3 saturated heterocycles. The molecule has 3 fully saturated rings. The summed E-state index contributed by atoms with van der Waals surface area (Å²) in [5.74, 6) is -2.59. The summed E-state index contributed by atoms with van der Waals surface area (Å²) in [4.78, 5) is 18.7. The number of nitrogens with two attached hydrogens (primary N) is 1. The maximum atomic E-state index is 15.0. The SMILES string of the molecule is CC[C@H]1OC(=O)[C@H](C)[C@@H](O[C@H]2C[C@@](C)(OC)[C@@H](O)[C@H](C)O2)[C@H](C)[C@@H](O[C@H]2C[C@@H](N(C)CCc3cn([C@H](CF)[C@H](OC)c4ccc(-n5cc(C(C)(C)N)nn5)cc4)nn3)C[C@@H](C)O2)[C@](C)(O)C[C@@H](C)CN(C)[C@H](C)[C@@H](O)[C@]1(C)O. The number of halogens is 1. The molecule has 0 bridgehead atoms. The number of carbonyl (C=O) groups is 1. The minimum Gasteiger partial charge on any atom is -0.459 e. The zero-order valence-corrected chi connectivity index (χ0v) is 49.2. The molecule has 0 radical (unpaired) electrons. The minimum absolute atomic E-state index is 0.0304. The topological polar surface area (TPSA) is 257 Å². The van der Waals surface area contributed by atoms with Crippen LogP contribution in [0.3, 0.4) is 0 Å². The molecule has 22 heteroatoms. The van der Waals surface area contributed by atoms with E-state index < -0.39 is 114 Å². The Morgan fingerprint density at radius 3 is 2.22 bits per heavy atom. The molecule has 0 unspecified atom stereocenters. The van der Waals surface area contributed by atoms with Crippen LogP contribution in [-0.2, 0) is 49.9 Å². The van der Waals surface area contributed by atoms with Gasteiger partial charge in [-0.1, -0.05) is 43.3 Å². The van der Waals surface area contributed by atoms with Crippen molar-refractivity contribution in [1.82, 2.24) is 39.8 Å². The number of hydrogen-bond donors (Lipinski definition) is 5. The van der Waals surface area contributed by atoms with Crippen molar-refractivity contribution in [2.24, 2.45) is 23.5 Å². The molecule has 2 aromatic heterocycles. The van der Waals surface area contributed by atoms with Gasteiger partial charge in [0, 0.05) is 70.8 Å². The van der Waals surface area contributed by atoms with Crippen LogP contribution in [0.15, 0.2) is 36.7 Å². The van der Waals surface area contributed by atoms with Crippen LogP contribution in [0.25, 0.3) is 5.69 Å². The highest BCUT2D eigenvalue weighted by Crippen LogP contribution is 2.41. The first kappa shape index (κ1) is 63.6. The molecule has 6 N–H and O–H groups in total. The van der Waals surface area contributed by atoms with Crippen LogP contribution in [0.2, 0.25) is 0 Å². The molecule has 3 aliphatic heterocycles. The normalized spacial score (nSPS) is 37.1. The van der Waals surface area contributed by atoms with Crippen LogP contribution in [0, 0.1) is 17.8 Å². The number of aliphatic hydroxyl groups is 4. The molecular weight excluding hydrogens is 1010 g/mol. The maximum absolute atomic E-state index is 15.0. The lowest BCUT2D eigenvalue weighted by molar-refractivity contribution is -0.308. The monoisotopic (exact) mass is 1100 g/mol. The fourth-order valence-electron chi connectivity index (χ4n) is 12.0. The first-order valence-electron chi connectivity index (χ1n) is 27.9. The van der Waals surface area contributed by atoms with Gasteiger partial charge in [0.15, 0.2) is 12.6 Å². The van der Waals surface area contributed by atoms with E-state index >= 15 is 0 Å². The predicted octanol–water partition coefficient (Wildman–Crippen LogP) is 4.81. The Morgan fingerprint density at radius 1 is 0.936 bits per heavy atom. The van der Waals surface area contributed by atoms with Gasteiger partial charge in [-0.2, -0.15) is 0 Å². The number of hydrogen-bond acceptors (Lipinski definition) is 19. The Labute approximate surface area is 461 Å². The zero-order chi connectivity index (χ0) is 57.8. The number of aromatic nitrogens is 6. The van der Waals surface area contributed by atoms with Crippen LogP contribution < -0.4 is 5.73 Å². The largest absolute Gasteiger partial charge is 0.459 e. The van der Waals surface area contributed by atoms with E-state index in [4.69, 9.17) is 38.9 Å². The molecule has 0 spiro atoms. The third kappa shape index (κ3) is 14.7. The second-order valence-corrected chi connectivity index (χ2v) is 24.3. The van der Waals surface area contributed by atoms with Gasteiger partial charge in [-0.3, -0.25) is 4.79 Å². The van der Waals surface area contributed by atoms with E-state index in [1.54, 1.807) is 58.8 Å². The number of likely N-dealkylation sites (N-methyl/N-ethyl adjacent to an activating group) is 2. The molecule has 0 saturated carbocycles. The standard InChI is InChI=1S/C56H94FN9O12/c1-17-44-56(12,71)49(67)36(6)64(14)29-32(2)26-54(10,70)51(34(4)47(35(5)52(69)76-44)77-46-27-55(11,73-16)50(68)37(7)75-46)78-45-25-41(24-33(3)74-45)63(13)23-22-39-30-66(61-59-39)42(28-57)48(72-15)38-18-20-40(21-19-38)65-31-43(60-62-65)53(8,9)58/h18-21,30-37,41-42,44-51,67-68,70-71H,17,22-29,58H2,1-16H3/t32-,33-,34+,35-,36-,37+,41+,42-,44-,45+,46+,47+,48-,49-,50+,51-,54-,55-,56-/m1/s1. The molecule has 0 amide bonds. The van der Waals surface area contributed by atoms with Crippen molar-refractivity contribution in [3.05, 3.63) is 53.6 Å². The second-order valence-electron chi connectivity index (χ2n) is 24.3. The van der Waals surface area contributed by atoms with Crippen LogP contribution >= 0.6 is 0 Å². The van der Waals surface area contributed by atoms with Crippen LogP contribution in [0.4, 0.5) is 4.39 Å². The molecule has 3 aliphatic rings. The van der Waals surface area contributed by atoms with Crippen molar-refractivity contribution in [3.8, 4) is 5.69 Å². The number of rotatable bonds is 17. The molecule has 6 rings (SSSR count). The van der Waals surface area contributed by atoms with Gasteiger partial charge in [-0.15, -0.1) is 10.2 Å². The number of benzene rings is 1. The van der Waals surface area contributed by atoms with Gasteiger partial charge in [0.1, 0.15) is 48.4 Å². The van der Waals surface area contributed by atoms with Gasteiger partial charge >= 0.3 is 5.97 Å². The van der Waals surface area contributed by atoms with Gasteiger partial charge in [0.05, 0.1) is 64.7 Å². The van der Waals surface area contributed by atoms with E-state index in [2.05, 4.69) is 25.5 Å². The van der Waals surface area contributed by atoms with E-state index in [9.17, 15) is 29.6 Å². The lowest BCUT2D eigenvalue weighted by Gasteiger charge is -2.48. The Morgan fingerprint density at radius 2 is 1.62 bits per heavy atom. The van der Waals surface area contributed by atoms with Crippen molar-refractivity contribution in [3.63, 3.8) is 0 Å². The number of esters is 1. The maximum Gasteiger partial charge on any atom is 0.311 e. The van der Waals surface area contributed by atoms with Crippen molar-refractivity contribution in [2.45, 2.75) is 223 Å². The van der Waals surface area contributed by atoms with Gasteiger partial charge in [0.2, 0.25) is 0 Å². The molecular formula is C56H94FN9O12. The van der Waals surface area contributed by atoms with Gasteiger partial charge in [-0.25, -0.2) is 13.8 Å². The Kier molecular flexibility index (Phi) is 21.3. The first-order chi connectivity index (χ1) is 36.5. The number of methoxy groups -OCH3 is 2. The van der Waals surface area contributed by atoms with E-state index in [1.165, 1.54) is 18.7 Å². The molecule has 78 heavy (non-hydrogen) atoms. The average molecular weight is 1100 g/mol. The number of carbonyl (C=O) groups excluding carboxylic acids is 1. The number of alkyl halides is 1. The summed E-state index contributed by atoms with van der Waals surface area (Å²) in [6, 6.07) is 6.09. The van der Waals surface area contributed by atoms with E-state index in [1.807, 2.05) is 84.8 Å². The van der Waals surface area contributed by atoms with E-state index in [0.29, 0.717) is 43.7 Å². The molecule has 19 atom stereocenters. The van der Waals surface area contributed by atoms with E-state index in [-0.39, 0.29) is 37.3 Å². The summed E-state index contributed by atoms with van der Waals surface area (Å²) < 4.78 is 62.8. The molecule has 1 aromatic carbocycles. The van der Waals surface area contributed by atoms with E-state index in [0.717, 1.165) is 11.3 Å². The Hall–Kier alpha value is -3.62. The Bertz CT molecular complexity index is 2350. The molecule has 21 nitrogen and oxygen atoms in total. The van der Waals surface area contributed by atoms with Crippen LogP contribution in [0.1, 0.15) is 144 Å². The van der Waals surface area contributed by atoms with Crippen LogP contribution in [-0.4, -0.2) is 198 Å². The average Bonchev–Trinajstić information content (AvgIpc) is 4.12. The number of nitrogens with zero attached hydrogens (tertiary/aromatic N) is 8. The highest BCUT2D eigenvalue weighted by molar-refractivity contribution is 5.73. The third-order valence-electron chi connectivity index (χ3n) is 17.0. The second kappa shape index (κ2) is 26.1. The first-order valence-corrected chi connectivity index (χ1v) is 27.9. The zero-order valence-electron chi connectivity index (χ0n) is 49.2. The van der Waals surface area contributed by atoms with Gasteiger partial charge in [0.25, 0.3) is 0 Å². The number of ether oxygens (including phenoxy) is 7. The van der Waals surface area contributed by atoms with Crippen molar-refractivity contribution < 1.29 is 62.8 Å². The fourth-order valence-corrected chi connectivity index (χ4v) is 12.0. The summed E-state index contributed by atoms with van der Waals surface area (Å²) in [5, 5.41) is 64.9. The highest BCUT2D eigenvalue weighted by atomic mass is 19.1. The summed E-state index contributed by atoms with van der Waals surface area (Å²) >= 11 is 0. The number of aliphatic hydroxyl groups excluding tert-OH is 2. The summed E-state index contributed by atoms with van der Waals surface area (Å²) in [6.07, 6.45) is -2.98. The summed E-state index contributed by atoms with van der Waals surface area (Å²) in [5.41, 5.74) is 3.98. The summed E-state index contributed by atoms with van der Waals surface area (Å²) in [6.45, 7) is 21.9.